The fraction of sp³-hybridized carbons (Fsp3) is 0.941. The molecule has 0 aromatic rings. The number of ether oxygens (including phenoxy) is 1. The Kier molecular flexibility index (Phi) is 11.2. The van der Waals surface area contributed by atoms with Crippen molar-refractivity contribution in [1.82, 2.24) is 0 Å². The van der Waals surface area contributed by atoms with Crippen LogP contribution in [0.15, 0.2) is 0 Å². The van der Waals surface area contributed by atoms with Gasteiger partial charge in [-0.1, -0.05) is 0 Å². The summed E-state index contributed by atoms with van der Waals surface area (Å²) in [6.07, 6.45) is -8.07. The van der Waals surface area contributed by atoms with E-state index < -0.39 is 86.4 Å². The van der Waals surface area contributed by atoms with Crippen molar-refractivity contribution in [2.24, 2.45) is 0 Å². The molecule has 0 fully saturated rings. The van der Waals surface area contributed by atoms with Gasteiger partial charge < -0.3 is 18.0 Å². The van der Waals surface area contributed by atoms with Crippen LogP contribution in [0, 0.1) is 0 Å². The topological polar surface area (TPSA) is 54.0 Å². The Hall–Kier alpha value is -1.90. The molecule has 0 aliphatic heterocycles. The Morgan fingerprint density at radius 1 is 0.500 bits per heavy atom. The van der Waals surface area contributed by atoms with E-state index in [4.69, 9.17) is 0 Å². The first-order valence-corrected chi connectivity index (χ1v) is 12.1. The Morgan fingerprint density at radius 2 is 0.750 bits per heavy atom. The lowest BCUT2D eigenvalue weighted by molar-refractivity contribution is -0.474. The fourth-order valence-electron chi connectivity index (χ4n) is 3.10. The summed E-state index contributed by atoms with van der Waals surface area (Å²) < 4.78 is 303. The number of alkyl halides is 21. The van der Waals surface area contributed by atoms with Gasteiger partial charge in [0.15, 0.2) is 5.54 Å². The second-order valence-electron chi connectivity index (χ2n) is 8.12. The molecule has 44 heavy (non-hydrogen) atoms. The first-order valence-electron chi connectivity index (χ1n) is 10.3. The normalized spacial score (nSPS) is 16.7. The predicted octanol–water partition coefficient (Wildman–Crippen LogP) is 7.08. The molecule has 264 valence electrons. The van der Waals surface area contributed by atoms with Crippen LogP contribution in [0.2, 0.25) is 5.54 Å². The molecule has 0 heterocycles. The molecule has 0 aromatic heterocycles. The molecule has 0 saturated heterocycles. The molecule has 0 amide bonds. The number of halogens is 21. The summed E-state index contributed by atoms with van der Waals surface area (Å²) in [4.78, 5) is 12.0. The van der Waals surface area contributed by atoms with Gasteiger partial charge in [-0.3, -0.25) is 4.79 Å². The van der Waals surface area contributed by atoms with Crippen molar-refractivity contribution in [3.63, 3.8) is 0 Å². The van der Waals surface area contributed by atoms with Crippen LogP contribution in [0.1, 0.15) is 6.92 Å². The van der Waals surface area contributed by atoms with Gasteiger partial charge in [0, 0.05) is 21.3 Å². The van der Waals surface area contributed by atoms with E-state index in [1.807, 2.05) is 0 Å². The lowest BCUT2D eigenvalue weighted by atomic mass is 9.85. The van der Waals surface area contributed by atoms with Crippen molar-refractivity contribution in [1.29, 1.82) is 0 Å². The number of carbonyl (C=O) groups excluding carboxylic acids is 1. The van der Waals surface area contributed by atoms with Gasteiger partial charge in [-0.2, -0.15) is 92.2 Å². The maximum atomic E-state index is 14.9. The maximum absolute atomic E-state index is 14.9. The minimum absolute atomic E-state index is 0.153. The number of carbonyl (C=O) groups is 1. The van der Waals surface area contributed by atoms with Gasteiger partial charge in [0.25, 0.3) is 0 Å². The van der Waals surface area contributed by atoms with E-state index in [9.17, 15) is 97.0 Å². The molecule has 0 aromatic carbocycles. The van der Waals surface area contributed by atoms with Crippen molar-refractivity contribution in [2.75, 3.05) is 27.9 Å². The van der Waals surface area contributed by atoms with Crippen LogP contribution >= 0.6 is 0 Å². The average molecular weight is 726 g/mol. The molecule has 0 aliphatic rings. The smallest absolute Gasteiger partial charge is 0.466 e. The summed E-state index contributed by atoms with van der Waals surface area (Å²) in [6, 6.07) is 0. The predicted molar refractivity (Wildman–Crippen MR) is 97.7 cm³/mol. The fourth-order valence-corrected chi connectivity index (χ4v) is 5.30. The molecule has 1 atom stereocenters. The van der Waals surface area contributed by atoms with Crippen molar-refractivity contribution in [3.05, 3.63) is 0 Å². The van der Waals surface area contributed by atoms with Gasteiger partial charge in [0.2, 0.25) is 0 Å². The average Bonchev–Trinajstić information content (AvgIpc) is 2.85. The first kappa shape index (κ1) is 42.1. The van der Waals surface area contributed by atoms with Crippen LogP contribution in [-0.2, 0) is 22.8 Å². The van der Waals surface area contributed by atoms with Crippen LogP contribution in [0.4, 0.5) is 92.2 Å². The van der Waals surface area contributed by atoms with Crippen LogP contribution in [-0.4, -0.2) is 102 Å². The standard InChI is InChI=1S/C17H15F21O5Si/c1-5-43-7(39)6(44(40-2,41-3)42-4)8(18,19)9(20,21)10(22,23)11(24,25)12(26,27)13(28,29)14(30,31)15(32,33)16(34,35)17(36,37)38/h6H,5H2,1-4H3. The van der Waals surface area contributed by atoms with E-state index in [2.05, 4.69) is 18.0 Å². The van der Waals surface area contributed by atoms with Crippen LogP contribution < -0.4 is 0 Å². The van der Waals surface area contributed by atoms with E-state index in [0.717, 1.165) is 0 Å². The van der Waals surface area contributed by atoms with E-state index in [0.29, 0.717) is 6.92 Å². The number of hydrogen-bond donors (Lipinski definition) is 0. The third-order valence-electron chi connectivity index (χ3n) is 5.63. The molecule has 27 heteroatoms. The quantitative estimate of drug-likeness (QED) is 0.103. The summed E-state index contributed by atoms with van der Waals surface area (Å²) >= 11 is 0. The van der Waals surface area contributed by atoms with Crippen molar-refractivity contribution in [2.45, 2.75) is 71.9 Å². The molecule has 0 rings (SSSR count). The molecular weight excluding hydrogens is 711 g/mol. The third kappa shape index (κ3) is 5.34. The van der Waals surface area contributed by atoms with E-state index in [1.165, 1.54) is 0 Å². The van der Waals surface area contributed by atoms with Crippen molar-refractivity contribution < 1.29 is 115 Å². The van der Waals surface area contributed by atoms with Crippen molar-refractivity contribution >= 4 is 14.8 Å². The van der Waals surface area contributed by atoms with E-state index in [1.54, 1.807) is 0 Å². The van der Waals surface area contributed by atoms with E-state index in [-0.39, 0.29) is 21.3 Å². The van der Waals surface area contributed by atoms with Gasteiger partial charge in [-0.05, 0) is 6.92 Å². The second kappa shape index (κ2) is 11.7. The molecule has 0 bridgehead atoms. The molecular formula is C17H15F21O5Si. The van der Waals surface area contributed by atoms with Crippen LogP contribution in [0.25, 0.3) is 0 Å². The highest BCUT2D eigenvalue weighted by Crippen LogP contribution is 2.67. The summed E-state index contributed by atoms with van der Waals surface area (Å²) in [5.41, 5.74) is -4.54. The molecule has 5 nitrogen and oxygen atoms in total. The highest BCUT2D eigenvalue weighted by Gasteiger charge is 2.98. The molecule has 1 unspecified atom stereocenters. The van der Waals surface area contributed by atoms with Gasteiger partial charge in [-0.25, -0.2) is 0 Å². The minimum Gasteiger partial charge on any atom is -0.466 e. The Labute approximate surface area is 230 Å². The SMILES string of the molecule is CCOC(=O)C(C(F)(F)C(F)(F)C(F)(F)C(F)(F)C(F)(F)C(F)(F)C(F)(F)C(F)(F)C(F)(F)C(F)(F)F)[Si](OC)(OC)OC. The van der Waals surface area contributed by atoms with Gasteiger partial charge in [0.05, 0.1) is 6.61 Å². The number of esters is 1. The van der Waals surface area contributed by atoms with Gasteiger partial charge in [-0.15, -0.1) is 0 Å². The van der Waals surface area contributed by atoms with Crippen LogP contribution in [0.5, 0.6) is 0 Å². The maximum Gasteiger partial charge on any atom is 0.521 e. The Morgan fingerprint density at radius 3 is 0.977 bits per heavy atom. The Balaban J connectivity index is 7.57. The van der Waals surface area contributed by atoms with Gasteiger partial charge in [0.1, 0.15) is 0 Å². The highest BCUT2D eigenvalue weighted by atomic mass is 28.4. The zero-order chi connectivity index (χ0) is 36.2. The number of rotatable bonds is 15. The summed E-state index contributed by atoms with van der Waals surface area (Å²) in [7, 11) is -5.58. The second-order valence-corrected chi connectivity index (χ2v) is 11.1. The molecule has 0 saturated carbocycles. The zero-order valence-corrected chi connectivity index (χ0v) is 22.3. The summed E-state index contributed by atoms with van der Waals surface area (Å²) in [6.45, 7) is -0.453. The van der Waals surface area contributed by atoms with Gasteiger partial charge >= 0.3 is 74.3 Å². The summed E-state index contributed by atoms with van der Waals surface area (Å²) in [5, 5.41) is 0. The largest absolute Gasteiger partial charge is 0.521 e. The Bertz CT molecular complexity index is 1010. The first-order chi connectivity index (χ1) is 19.0. The highest BCUT2D eigenvalue weighted by molar-refractivity contribution is 6.66. The monoisotopic (exact) mass is 726 g/mol. The van der Waals surface area contributed by atoms with E-state index >= 15 is 0 Å². The number of hydrogen-bond acceptors (Lipinski definition) is 5. The lowest BCUT2D eigenvalue weighted by Gasteiger charge is -2.45. The summed E-state index contributed by atoms with van der Waals surface area (Å²) in [5.74, 6) is -82.2. The molecule has 0 radical (unpaired) electrons. The molecule has 0 N–H and O–H groups in total. The van der Waals surface area contributed by atoms with Crippen LogP contribution in [0.3, 0.4) is 0 Å². The van der Waals surface area contributed by atoms with Crippen molar-refractivity contribution in [3.8, 4) is 0 Å². The minimum atomic E-state index is -9.32. The lowest BCUT2D eigenvalue weighted by Crippen LogP contribution is -2.77. The zero-order valence-electron chi connectivity index (χ0n) is 21.3. The molecule has 0 aliphatic carbocycles. The third-order valence-corrected chi connectivity index (χ3v) is 8.64. The molecule has 0 spiro atoms.